The van der Waals surface area contributed by atoms with E-state index in [4.69, 9.17) is 0 Å². The first-order valence-corrected chi connectivity index (χ1v) is 9.13. The summed E-state index contributed by atoms with van der Waals surface area (Å²) in [7, 11) is -2.88. The molecule has 1 heterocycles. The predicted molar refractivity (Wildman–Crippen MR) is 74.6 cm³/mol. The molecule has 1 saturated heterocycles. The maximum atomic E-state index is 11.4. The average Bonchev–Trinajstić information content (AvgIpc) is 2.57. The summed E-state index contributed by atoms with van der Waals surface area (Å²) in [6.45, 7) is 5.16. The molecule has 1 unspecified atom stereocenters. The third-order valence-electron chi connectivity index (χ3n) is 4.36. The van der Waals surface area contributed by atoms with Crippen LogP contribution in [0.2, 0.25) is 0 Å². The maximum absolute atomic E-state index is 11.4. The molecule has 18 heavy (non-hydrogen) atoms. The molecule has 1 aliphatic heterocycles. The summed E-state index contributed by atoms with van der Waals surface area (Å²) < 4.78 is 22.9. The Morgan fingerprint density at radius 1 is 1.28 bits per heavy atom. The van der Waals surface area contributed by atoms with Crippen LogP contribution in [0.3, 0.4) is 0 Å². The van der Waals surface area contributed by atoms with Gasteiger partial charge in [0.05, 0.1) is 5.75 Å². The summed E-state index contributed by atoms with van der Waals surface area (Å²) in [4.78, 5) is 2.38. The van der Waals surface area contributed by atoms with Gasteiger partial charge in [0.25, 0.3) is 0 Å². The number of hydrogen-bond donors (Lipinski definition) is 1. The van der Waals surface area contributed by atoms with Crippen molar-refractivity contribution in [1.82, 2.24) is 10.2 Å². The lowest BCUT2D eigenvalue weighted by molar-refractivity contribution is 0.175. The zero-order chi connectivity index (χ0) is 13.2. The summed E-state index contributed by atoms with van der Waals surface area (Å²) in [6, 6.07) is 0.136. The second kappa shape index (κ2) is 5.47. The van der Waals surface area contributed by atoms with E-state index < -0.39 is 9.84 Å². The van der Waals surface area contributed by atoms with E-state index in [2.05, 4.69) is 17.1 Å². The van der Waals surface area contributed by atoms with Gasteiger partial charge in [-0.3, -0.25) is 4.90 Å². The zero-order valence-corrected chi connectivity index (χ0v) is 12.4. The molecule has 0 bridgehead atoms. The fourth-order valence-electron chi connectivity index (χ4n) is 3.47. The van der Waals surface area contributed by atoms with Crippen LogP contribution in [0.1, 0.15) is 39.0 Å². The third-order valence-corrected chi connectivity index (χ3v) is 5.44. The van der Waals surface area contributed by atoms with Crippen molar-refractivity contribution in [3.63, 3.8) is 0 Å². The number of sulfone groups is 1. The van der Waals surface area contributed by atoms with Crippen molar-refractivity contribution in [2.24, 2.45) is 0 Å². The van der Waals surface area contributed by atoms with Crippen LogP contribution in [0.15, 0.2) is 0 Å². The first-order valence-electron chi connectivity index (χ1n) is 7.07. The minimum absolute atomic E-state index is 0.136. The predicted octanol–water partition coefficient (Wildman–Crippen LogP) is 1.03. The molecule has 0 radical (unpaired) electrons. The minimum Gasteiger partial charge on any atom is -0.310 e. The quantitative estimate of drug-likeness (QED) is 0.835. The molecule has 2 fully saturated rings. The normalized spacial score (nSPS) is 27.2. The smallest absolute Gasteiger partial charge is 0.148 e. The first-order chi connectivity index (χ1) is 8.40. The fourth-order valence-corrected chi connectivity index (χ4v) is 4.55. The van der Waals surface area contributed by atoms with Gasteiger partial charge in [0.15, 0.2) is 0 Å². The van der Waals surface area contributed by atoms with Crippen LogP contribution < -0.4 is 5.32 Å². The van der Waals surface area contributed by atoms with Gasteiger partial charge >= 0.3 is 0 Å². The van der Waals surface area contributed by atoms with Gasteiger partial charge in [0, 0.05) is 24.4 Å². The lowest BCUT2D eigenvalue weighted by Gasteiger charge is -2.36. The van der Waals surface area contributed by atoms with Crippen molar-refractivity contribution in [2.75, 3.05) is 31.6 Å². The molecule has 0 aromatic heterocycles. The first kappa shape index (κ1) is 14.3. The van der Waals surface area contributed by atoms with Gasteiger partial charge in [-0.05, 0) is 39.3 Å². The maximum Gasteiger partial charge on any atom is 0.148 e. The number of nitrogens with zero attached hydrogens (tertiary/aromatic N) is 1. The lowest BCUT2D eigenvalue weighted by atomic mass is 9.97. The Hall–Kier alpha value is -0.130. The molecule has 1 N–H and O–H groups in total. The highest BCUT2D eigenvalue weighted by Gasteiger charge is 2.37. The van der Waals surface area contributed by atoms with E-state index in [0.717, 1.165) is 26.1 Å². The molecule has 5 heteroatoms. The molecule has 1 atom stereocenters. The molecule has 1 spiro atoms. The molecule has 4 nitrogen and oxygen atoms in total. The van der Waals surface area contributed by atoms with Crippen LogP contribution >= 0.6 is 0 Å². The molecule has 1 saturated carbocycles. The highest BCUT2D eigenvalue weighted by molar-refractivity contribution is 7.90. The summed E-state index contributed by atoms with van der Waals surface area (Å²) >= 11 is 0. The second-order valence-electron chi connectivity index (χ2n) is 6.18. The van der Waals surface area contributed by atoms with Crippen molar-refractivity contribution in [1.29, 1.82) is 0 Å². The Morgan fingerprint density at radius 3 is 2.56 bits per heavy atom. The third kappa shape index (κ3) is 3.68. The van der Waals surface area contributed by atoms with Crippen LogP contribution in [0.25, 0.3) is 0 Å². The highest BCUT2D eigenvalue weighted by Crippen LogP contribution is 2.32. The van der Waals surface area contributed by atoms with Gasteiger partial charge < -0.3 is 5.32 Å². The fraction of sp³-hybridized carbons (Fsp3) is 1.00. The molecule has 2 rings (SSSR count). The van der Waals surface area contributed by atoms with Gasteiger partial charge in [-0.2, -0.15) is 0 Å². The molecule has 1 aliphatic carbocycles. The second-order valence-corrected chi connectivity index (χ2v) is 8.36. The van der Waals surface area contributed by atoms with Gasteiger partial charge in [-0.25, -0.2) is 8.42 Å². The lowest BCUT2D eigenvalue weighted by Crippen LogP contribution is -2.52. The number of nitrogens with one attached hydrogen (secondary N) is 1. The van der Waals surface area contributed by atoms with Crippen molar-refractivity contribution >= 4 is 9.84 Å². The molecule has 106 valence electrons. The minimum atomic E-state index is -2.88. The number of rotatable bonds is 3. The van der Waals surface area contributed by atoms with E-state index in [9.17, 15) is 8.42 Å². The average molecular weight is 274 g/mol. The molecular weight excluding hydrogens is 248 g/mol. The summed E-state index contributed by atoms with van der Waals surface area (Å²) in [5, 5.41) is 3.71. The molecule has 2 aliphatic rings. The highest BCUT2D eigenvalue weighted by atomic mass is 32.2. The van der Waals surface area contributed by atoms with Crippen LogP contribution in [0, 0.1) is 0 Å². The number of hydrogen-bond acceptors (Lipinski definition) is 4. The van der Waals surface area contributed by atoms with Gasteiger partial charge in [-0.1, -0.05) is 12.8 Å². The van der Waals surface area contributed by atoms with E-state index in [-0.39, 0.29) is 17.3 Å². The molecule has 0 aromatic rings. The molecule has 0 aromatic carbocycles. The van der Waals surface area contributed by atoms with E-state index in [1.807, 2.05) is 0 Å². The Bertz CT molecular complexity index is 374. The van der Waals surface area contributed by atoms with E-state index >= 15 is 0 Å². The van der Waals surface area contributed by atoms with Crippen LogP contribution in [0.5, 0.6) is 0 Å². The van der Waals surface area contributed by atoms with Crippen LogP contribution in [0.4, 0.5) is 0 Å². The van der Waals surface area contributed by atoms with Crippen molar-refractivity contribution in [2.45, 2.75) is 50.6 Å². The van der Waals surface area contributed by atoms with E-state index in [0.29, 0.717) is 0 Å². The molecule has 0 amide bonds. The van der Waals surface area contributed by atoms with Crippen molar-refractivity contribution in [3.05, 3.63) is 0 Å². The van der Waals surface area contributed by atoms with Crippen molar-refractivity contribution in [3.8, 4) is 0 Å². The standard InChI is InChI=1S/C13H26N2O2S/c1-12(10-18(2,16)17)15-9-5-8-14-13(11-15)6-3-4-7-13/h12,14H,3-11H2,1-2H3. The SMILES string of the molecule is CC(CS(C)(=O)=O)N1CCCNC2(CCCC2)C1. The van der Waals surface area contributed by atoms with E-state index in [1.54, 1.807) is 0 Å². The van der Waals surface area contributed by atoms with Crippen molar-refractivity contribution < 1.29 is 8.42 Å². The summed E-state index contributed by atoms with van der Waals surface area (Å²) in [5.74, 6) is 0.281. The van der Waals surface area contributed by atoms with Gasteiger partial charge in [0.1, 0.15) is 9.84 Å². The zero-order valence-electron chi connectivity index (χ0n) is 11.6. The van der Waals surface area contributed by atoms with E-state index in [1.165, 1.54) is 31.9 Å². The molecular formula is C13H26N2O2S. The van der Waals surface area contributed by atoms with Crippen LogP contribution in [-0.4, -0.2) is 56.5 Å². The monoisotopic (exact) mass is 274 g/mol. The van der Waals surface area contributed by atoms with Gasteiger partial charge in [0.2, 0.25) is 0 Å². The Kier molecular flexibility index (Phi) is 4.34. The Labute approximate surface area is 111 Å². The largest absolute Gasteiger partial charge is 0.310 e. The van der Waals surface area contributed by atoms with Crippen LogP contribution in [-0.2, 0) is 9.84 Å². The Morgan fingerprint density at radius 2 is 1.94 bits per heavy atom. The topological polar surface area (TPSA) is 49.4 Å². The Balaban J connectivity index is 2.02. The summed E-state index contributed by atoms with van der Waals surface area (Å²) in [6.07, 6.45) is 7.56. The summed E-state index contributed by atoms with van der Waals surface area (Å²) in [5.41, 5.74) is 0.266. The van der Waals surface area contributed by atoms with Gasteiger partial charge in [-0.15, -0.1) is 0 Å².